The zero-order chi connectivity index (χ0) is 24.1. The van der Waals surface area contributed by atoms with Crippen molar-refractivity contribution in [2.45, 2.75) is 26.5 Å². The lowest BCUT2D eigenvalue weighted by atomic mass is 10.1. The fraction of sp³-hybridized carbons (Fsp3) is 0.222. The lowest BCUT2D eigenvalue weighted by molar-refractivity contribution is -0.142. The highest BCUT2D eigenvalue weighted by atomic mass is 16.5. The zero-order valence-corrected chi connectivity index (χ0v) is 19.1. The van der Waals surface area contributed by atoms with E-state index in [1.807, 2.05) is 30.3 Å². The fourth-order valence-corrected chi connectivity index (χ4v) is 3.91. The van der Waals surface area contributed by atoms with Crippen LogP contribution in [0.15, 0.2) is 66.7 Å². The Morgan fingerprint density at radius 1 is 0.971 bits per heavy atom. The smallest absolute Gasteiger partial charge is 0.337 e. The minimum atomic E-state index is -0.426. The van der Waals surface area contributed by atoms with Gasteiger partial charge in [0, 0.05) is 16.8 Å². The second kappa shape index (κ2) is 10.2. The molecule has 0 radical (unpaired) electrons. The number of carbonyl (C=O) groups is 3. The number of methoxy groups -OCH3 is 1. The minimum Gasteiger partial charge on any atom is -0.489 e. The largest absolute Gasteiger partial charge is 0.489 e. The molecular formula is C27H25NO6. The summed E-state index contributed by atoms with van der Waals surface area (Å²) in [6.07, 6.45) is 0.209. The number of hydrogen-bond acceptors (Lipinski definition) is 6. The first kappa shape index (κ1) is 23.0. The molecule has 3 aromatic rings. The molecule has 0 unspecified atom stereocenters. The molecule has 1 aliphatic heterocycles. The molecule has 174 valence electrons. The molecule has 0 saturated heterocycles. The van der Waals surface area contributed by atoms with Gasteiger partial charge in [0.2, 0.25) is 0 Å². The molecule has 0 bridgehead atoms. The van der Waals surface area contributed by atoms with Crippen LogP contribution in [-0.4, -0.2) is 31.6 Å². The maximum Gasteiger partial charge on any atom is 0.337 e. The number of ether oxygens (including phenoxy) is 3. The summed E-state index contributed by atoms with van der Waals surface area (Å²) in [5, 5.41) is 0. The first-order valence-electron chi connectivity index (χ1n) is 11.0. The van der Waals surface area contributed by atoms with Crippen molar-refractivity contribution in [1.29, 1.82) is 0 Å². The van der Waals surface area contributed by atoms with Crippen molar-refractivity contribution in [1.82, 2.24) is 0 Å². The average molecular weight is 459 g/mol. The molecule has 3 aromatic carbocycles. The molecule has 0 aromatic heterocycles. The van der Waals surface area contributed by atoms with E-state index in [1.165, 1.54) is 7.11 Å². The predicted molar refractivity (Wildman–Crippen MR) is 126 cm³/mol. The van der Waals surface area contributed by atoms with Gasteiger partial charge >= 0.3 is 11.9 Å². The summed E-state index contributed by atoms with van der Waals surface area (Å²) in [6.45, 7) is 2.80. The number of amides is 1. The number of benzene rings is 3. The van der Waals surface area contributed by atoms with Crippen molar-refractivity contribution in [2.24, 2.45) is 0 Å². The van der Waals surface area contributed by atoms with Gasteiger partial charge in [0.05, 0.1) is 32.2 Å². The maximum absolute atomic E-state index is 13.0. The van der Waals surface area contributed by atoms with Gasteiger partial charge < -0.3 is 19.1 Å². The van der Waals surface area contributed by atoms with Crippen LogP contribution in [0.3, 0.4) is 0 Å². The summed E-state index contributed by atoms with van der Waals surface area (Å²) in [5.41, 5.74) is 4.28. The van der Waals surface area contributed by atoms with Gasteiger partial charge in [-0.05, 0) is 54.4 Å². The first-order chi connectivity index (χ1) is 16.5. The number of nitrogens with zero attached hydrogens (tertiary/aromatic N) is 1. The van der Waals surface area contributed by atoms with Gasteiger partial charge in [-0.25, -0.2) is 4.79 Å². The van der Waals surface area contributed by atoms with Crippen LogP contribution in [0.4, 0.5) is 5.69 Å². The molecular weight excluding hydrogens is 434 g/mol. The van der Waals surface area contributed by atoms with E-state index in [2.05, 4.69) is 0 Å². The van der Waals surface area contributed by atoms with Gasteiger partial charge in [0.25, 0.3) is 5.91 Å². The van der Waals surface area contributed by atoms with Crippen molar-refractivity contribution >= 4 is 23.5 Å². The molecule has 0 fully saturated rings. The lowest BCUT2D eigenvalue weighted by Crippen LogP contribution is -2.23. The third kappa shape index (κ3) is 4.93. The van der Waals surface area contributed by atoms with Crippen LogP contribution in [0.1, 0.15) is 44.3 Å². The van der Waals surface area contributed by atoms with Crippen LogP contribution >= 0.6 is 0 Å². The summed E-state index contributed by atoms with van der Waals surface area (Å²) in [7, 11) is 1.33. The zero-order valence-electron chi connectivity index (χ0n) is 19.1. The normalized spacial score (nSPS) is 12.3. The molecule has 4 rings (SSSR count). The molecule has 1 amide bonds. The summed E-state index contributed by atoms with van der Waals surface area (Å²) in [6, 6.07) is 19.8. The number of anilines is 1. The lowest BCUT2D eigenvalue weighted by Gasteiger charge is -2.16. The Kier molecular flexibility index (Phi) is 6.92. The number of hydrogen-bond donors (Lipinski definition) is 0. The maximum atomic E-state index is 13.0. The SMILES string of the molecule is CCOC(=O)Cc1cccc(COc2cccc3c2CN(c2ccc(C(=O)OC)cc2)C3=O)c1. The number of carbonyl (C=O) groups excluding carboxylic acids is 3. The van der Waals surface area contributed by atoms with Crippen molar-refractivity contribution < 1.29 is 28.6 Å². The van der Waals surface area contributed by atoms with E-state index < -0.39 is 5.97 Å². The van der Waals surface area contributed by atoms with Crippen LogP contribution in [-0.2, 0) is 33.8 Å². The van der Waals surface area contributed by atoms with E-state index in [0.717, 1.165) is 16.7 Å². The van der Waals surface area contributed by atoms with E-state index in [-0.39, 0.29) is 18.3 Å². The first-order valence-corrected chi connectivity index (χ1v) is 11.0. The third-order valence-corrected chi connectivity index (χ3v) is 5.56. The average Bonchev–Trinajstić information content (AvgIpc) is 3.19. The minimum absolute atomic E-state index is 0.122. The van der Waals surface area contributed by atoms with Crippen LogP contribution < -0.4 is 9.64 Å². The van der Waals surface area contributed by atoms with Gasteiger partial charge in [0.15, 0.2) is 0 Å². The number of rotatable bonds is 8. The van der Waals surface area contributed by atoms with Gasteiger partial charge in [0.1, 0.15) is 12.4 Å². The van der Waals surface area contributed by atoms with Gasteiger partial charge in [-0.2, -0.15) is 0 Å². The Balaban J connectivity index is 1.47. The summed E-state index contributed by atoms with van der Waals surface area (Å²) >= 11 is 0. The van der Waals surface area contributed by atoms with Crippen LogP contribution in [0.25, 0.3) is 0 Å². The topological polar surface area (TPSA) is 82.1 Å². The Hall–Kier alpha value is -4.13. The quantitative estimate of drug-likeness (QED) is 0.467. The highest BCUT2D eigenvalue weighted by molar-refractivity contribution is 6.10. The monoisotopic (exact) mass is 459 g/mol. The van der Waals surface area contributed by atoms with Crippen molar-refractivity contribution in [2.75, 3.05) is 18.6 Å². The highest BCUT2D eigenvalue weighted by Crippen LogP contribution is 2.34. The van der Waals surface area contributed by atoms with Crippen molar-refractivity contribution in [3.05, 3.63) is 94.5 Å². The molecule has 0 saturated carbocycles. The highest BCUT2D eigenvalue weighted by Gasteiger charge is 2.31. The van der Waals surface area contributed by atoms with E-state index in [1.54, 1.807) is 48.2 Å². The van der Waals surface area contributed by atoms with Crippen molar-refractivity contribution in [3.63, 3.8) is 0 Å². The van der Waals surface area contributed by atoms with Gasteiger partial charge in [-0.1, -0.05) is 30.3 Å². The van der Waals surface area contributed by atoms with Crippen molar-refractivity contribution in [3.8, 4) is 5.75 Å². The Morgan fingerprint density at radius 2 is 1.71 bits per heavy atom. The van der Waals surface area contributed by atoms with Crippen LogP contribution in [0.2, 0.25) is 0 Å². The van der Waals surface area contributed by atoms with Gasteiger partial charge in [-0.3, -0.25) is 9.59 Å². The molecule has 1 heterocycles. The summed E-state index contributed by atoms with van der Waals surface area (Å²) < 4.78 is 15.8. The molecule has 1 aliphatic rings. The van der Waals surface area contributed by atoms with Crippen LogP contribution in [0, 0.1) is 0 Å². The number of esters is 2. The van der Waals surface area contributed by atoms with E-state index in [0.29, 0.717) is 42.3 Å². The fourth-order valence-electron chi connectivity index (χ4n) is 3.91. The molecule has 34 heavy (non-hydrogen) atoms. The van der Waals surface area contributed by atoms with E-state index in [4.69, 9.17) is 14.2 Å². The molecule has 7 heteroatoms. The molecule has 0 spiro atoms. The predicted octanol–water partition coefficient (Wildman–Crippen LogP) is 4.32. The Bertz CT molecular complexity index is 1220. The summed E-state index contributed by atoms with van der Waals surface area (Å²) in [4.78, 5) is 38.1. The second-order valence-corrected chi connectivity index (χ2v) is 7.80. The summed E-state index contributed by atoms with van der Waals surface area (Å²) in [5.74, 6) is -0.178. The third-order valence-electron chi connectivity index (χ3n) is 5.56. The van der Waals surface area contributed by atoms with Crippen LogP contribution in [0.5, 0.6) is 5.75 Å². The van der Waals surface area contributed by atoms with Gasteiger partial charge in [-0.15, -0.1) is 0 Å². The standard InChI is InChI=1S/C27H25NO6/c1-3-33-25(29)15-18-6-4-7-19(14-18)17-34-24-9-5-8-22-23(24)16-28(26(22)30)21-12-10-20(11-13-21)27(31)32-2/h4-14H,3,15-17H2,1-2H3. The Labute approximate surface area is 197 Å². The molecule has 0 aliphatic carbocycles. The molecule has 0 N–H and O–H groups in total. The second-order valence-electron chi connectivity index (χ2n) is 7.80. The van der Waals surface area contributed by atoms with E-state index in [9.17, 15) is 14.4 Å². The molecule has 7 nitrogen and oxygen atoms in total. The molecule has 0 atom stereocenters. The number of fused-ring (bicyclic) bond motifs is 1. The van der Waals surface area contributed by atoms with E-state index >= 15 is 0 Å². The Morgan fingerprint density at radius 3 is 2.44 bits per heavy atom.